The van der Waals surface area contributed by atoms with Gasteiger partial charge in [0.1, 0.15) is 11.6 Å². The van der Waals surface area contributed by atoms with E-state index in [2.05, 4.69) is 47.9 Å². The van der Waals surface area contributed by atoms with E-state index < -0.39 is 11.6 Å². The van der Waals surface area contributed by atoms with Crippen molar-refractivity contribution >= 4 is 5.91 Å². The third-order valence-electron chi connectivity index (χ3n) is 7.51. The molecule has 0 aliphatic carbocycles. The van der Waals surface area contributed by atoms with E-state index in [9.17, 15) is 13.6 Å². The Morgan fingerprint density at radius 1 is 0.895 bits per heavy atom. The second-order valence-corrected chi connectivity index (χ2v) is 10.0. The Morgan fingerprint density at radius 3 is 2.39 bits per heavy atom. The molecule has 4 aromatic rings. The molecule has 194 valence electrons. The van der Waals surface area contributed by atoms with Gasteiger partial charge in [0.2, 0.25) is 0 Å². The predicted octanol–water partition coefficient (Wildman–Crippen LogP) is 6.77. The van der Waals surface area contributed by atoms with Crippen molar-refractivity contribution in [1.29, 1.82) is 0 Å². The zero-order valence-corrected chi connectivity index (χ0v) is 21.5. The minimum absolute atomic E-state index is 0.0477. The number of rotatable bonds is 7. The highest BCUT2D eigenvalue weighted by Crippen LogP contribution is 2.40. The summed E-state index contributed by atoms with van der Waals surface area (Å²) in [7, 11) is 0. The van der Waals surface area contributed by atoms with Crippen LogP contribution in [-0.4, -0.2) is 25.5 Å². The highest BCUT2D eigenvalue weighted by Gasteiger charge is 2.29. The highest BCUT2D eigenvalue weighted by molar-refractivity contribution is 5.94. The lowest BCUT2D eigenvalue weighted by Gasteiger charge is -2.34. The van der Waals surface area contributed by atoms with Crippen LogP contribution in [0.4, 0.5) is 8.78 Å². The molecule has 0 radical (unpaired) electrons. The van der Waals surface area contributed by atoms with Crippen LogP contribution in [0.5, 0.6) is 0 Å². The summed E-state index contributed by atoms with van der Waals surface area (Å²) in [6.45, 7) is 4.24. The Kier molecular flexibility index (Phi) is 7.94. The van der Waals surface area contributed by atoms with E-state index in [1.54, 1.807) is 0 Å². The summed E-state index contributed by atoms with van der Waals surface area (Å²) in [5.41, 5.74) is 7.16. The van der Waals surface area contributed by atoms with E-state index in [0.29, 0.717) is 12.1 Å². The number of amides is 1. The smallest absolute Gasteiger partial charge is 0.251 e. The first-order valence-electron chi connectivity index (χ1n) is 13.2. The SMILES string of the molecule is Cc1cc(-c2ccccc2CCNC(=O)c2ccccc2)ccc1[C@H]1CNCC[C@@H]1c1cc(F)cc(F)c1. The van der Waals surface area contributed by atoms with Gasteiger partial charge < -0.3 is 10.6 Å². The largest absolute Gasteiger partial charge is 0.352 e. The minimum atomic E-state index is -0.527. The van der Waals surface area contributed by atoms with E-state index in [4.69, 9.17) is 0 Å². The molecule has 1 heterocycles. The van der Waals surface area contributed by atoms with E-state index in [1.165, 1.54) is 23.3 Å². The Morgan fingerprint density at radius 2 is 1.63 bits per heavy atom. The first-order valence-corrected chi connectivity index (χ1v) is 13.2. The molecule has 2 N–H and O–H groups in total. The lowest BCUT2D eigenvalue weighted by Crippen LogP contribution is -2.34. The van der Waals surface area contributed by atoms with Crippen molar-refractivity contribution in [2.24, 2.45) is 0 Å². The van der Waals surface area contributed by atoms with Gasteiger partial charge in [-0.2, -0.15) is 0 Å². The maximum Gasteiger partial charge on any atom is 0.251 e. The van der Waals surface area contributed by atoms with Gasteiger partial charge in [-0.15, -0.1) is 0 Å². The van der Waals surface area contributed by atoms with Crippen LogP contribution in [0.15, 0.2) is 91.0 Å². The summed E-state index contributed by atoms with van der Waals surface area (Å²) in [6, 6.07) is 27.9. The van der Waals surface area contributed by atoms with Crippen molar-refractivity contribution in [3.8, 4) is 11.1 Å². The molecule has 5 heteroatoms. The van der Waals surface area contributed by atoms with E-state index in [1.807, 2.05) is 42.5 Å². The zero-order valence-electron chi connectivity index (χ0n) is 21.5. The van der Waals surface area contributed by atoms with Gasteiger partial charge in [0, 0.05) is 30.6 Å². The van der Waals surface area contributed by atoms with Gasteiger partial charge in [-0.05, 0) is 89.9 Å². The van der Waals surface area contributed by atoms with Crippen LogP contribution in [0.25, 0.3) is 11.1 Å². The summed E-state index contributed by atoms with van der Waals surface area (Å²) < 4.78 is 28.0. The number of nitrogens with one attached hydrogen (secondary N) is 2. The topological polar surface area (TPSA) is 41.1 Å². The maximum absolute atomic E-state index is 14.0. The molecule has 4 aromatic carbocycles. The average Bonchev–Trinajstić information content (AvgIpc) is 2.93. The lowest BCUT2D eigenvalue weighted by molar-refractivity contribution is 0.0954. The molecule has 0 aromatic heterocycles. The predicted molar refractivity (Wildman–Crippen MR) is 148 cm³/mol. The normalized spacial score (nSPS) is 17.2. The minimum Gasteiger partial charge on any atom is -0.352 e. The van der Waals surface area contributed by atoms with Gasteiger partial charge in [0.05, 0.1) is 0 Å². The molecule has 1 fully saturated rings. The van der Waals surface area contributed by atoms with Crippen molar-refractivity contribution in [2.45, 2.75) is 31.6 Å². The number of hydrogen-bond acceptors (Lipinski definition) is 2. The Hall–Kier alpha value is -3.83. The van der Waals surface area contributed by atoms with Gasteiger partial charge in [-0.1, -0.05) is 60.7 Å². The summed E-state index contributed by atoms with van der Waals surface area (Å²) >= 11 is 0. The fourth-order valence-corrected chi connectivity index (χ4v) is 5.65. The van der Waals surface area contributed by atoms with E-state index >= 15 is 0 Å². The number of hydrogen-bond donors (Lipinski definition) is 2. The van der Waals surface area contributed by atoms with Gasteiger partial charge in [0.15, 0.2) is 0 Å². The van der Waals surface area contributed by atoms with Crippen molar-refractivity contribution in [3.05, 3.63) is 130 Å². The number of carbonyl (C=O) groups is 1. The second-order valence-electron chi connectivity index (χ2n) is 10.0. The van der Waals surface area contributed by atoms with Gasteiger partial charge >= 0.3 is 0 Å². The van der Waals surface area contributed by atoms with Gasteiger partial charge in [0.25, 0.3) is 5.91 Å². The molecular formula is C33H32F2N2O. The van der Waals surface area contributed by atoms with Crippen LogP contribution in [0.2, 0.25) is 0 Å². The molecule has 1 saturated heterocycles. The summed E-state index contributed by atoms with van der Waals surface area (Å²) in [5, 5.41) is 6.49. The molecule has 1 amide bonds. The Balaban J connectivity index is 1.35. The van der Waals surface area contributed by atoms with E-state index in [0.717, 1.165) is 54.3 Å². The summed E-state index contributed by atoms with van der Waals surface area (Å²) in [4.78, 5) is 12.4. The molecule has 0 spiro atoms. The molecular weight excluding hydrogens is 478 g/mol. The van der Waals surface area contributed by atoms with Crippen molar-refractivity contribution < 1.29 is 13.6 Å². The molecule has 2 atom stereocenters. The standard InChI is InChI=1S/C33H32F2N2O/c1-22-17-25(30-10-6-5-7-23(30)13-16-37-33(38)24-8-3-2-4-9-24)11-12-29(22)32-21-36-15-14-31(32)26-18-27(34)20-28(35)19-26/h2-12,17-20,31-32,36H,13-16,21H2,1H3,(H,37,38)/t31-,32-/m1/s1. The van der Waals surface area contributed by atoms with Crippen molar-refractivity contribution in [3.63, 3.8) is 0 Å². The lowest BCUT2D eigenvalue weighted by atomic mass is 9.75. The quantitative estimate of drug-likeness (QED) is 0.288. The molecule has 3 nitrogen and oxygen atoms in total. The summed E-state index contributed by atoms with van der Waals surface area (Å²) in [5.74, 6) is -0.951. The van der Waals surface area contributed by atoms with Crippen LogP contribution in [0.3, 0.4) is 0 Å². The third kappa shape index (κ3) is 5.84. The van der Waals surface area contributed by atoms with Crippen LogP contribution in [0, 0.1) is 18.6 Å². The fourth-order valence-electron chi connectivity index (χ4n) is 5.65. The molecule has 0 unspecified atom stereocenters. The monoisotopic (exact) mass is 510 g/mol. The average molecular weight is 511 g/mol. The van der Waals surface area contributed by atoms with Crippen LogP contribution < -0.4 is 10.6 Å². The molecule has 1 aliphatic rings. The van der Waals surface area contributed by atoms with Gasteiger partial charge in [-0.3, -0.25) is 4.79 Å². The third-order valence-corrected chi connectivity index (χ3v) is 7.51. The molecule has 38 heavy (non-hydrogen) atoms. The maximum atomic E-state index is 14.0. The molecule has 1 aliphatic heterocycles. The number of benzene rings is 4. The highest BCUT2D eigenvalue weighted by atomic mass is 19.1. The first-order chi connectivity index (χ1) is 18.5. The number of aryl methyl sites for hydroxylation is 1. The first kappa shape index (κ1) is 25.8. The Bertz CT molecular complexity index is 1400. The van der Waals surface area contributed by atoms with Crippen LogP contribution in [0.1, 0.15) is 50.9 Å². The number of halogens is 2. The number of piperidine rings is 1. The Labute approximate surface area is 222 Å². The fraction of sp³-hybridized carbons (Fsp3) is 0.242. The van der Waals surface area contributed by atoms with Crippen molar-refractivity contribution in [1.82, 2.24) is 10.6 Å². The summed E-state index contributed by atoms with van der Waals surface area (Å²) in [6.07, 6.45) is 1.54. The molecule has 5 rings (SSSR count). The second kappa shape index (κ2) is 11.7. The zero-order chi connectivity index (χ0) is 26.5. The molecule has 0 saturated carbocycles. The number of carbonyl (C=O) groups excluding carboxylic acids is 1. The van der Waals surface area contributed by atoms with E-state index in [-0.39, 0.29) is 17.7 Å². The molecule has 0 bridgehead atoms. The van der Waals surface area contributed by atoms with Crippen LogP contribution >= 0.6 is 0 Å². The van der Waals surface area contributed by atoms with Gasteiger partial charge in [-0.25, -0.2) is 8.78 Å². The van der Waals surface area contributed by atoms with Crippen molar-refractivity contribution in [2.75, 3.05) is 19.6 Å². The van der Waals surface area contributed by atoms with Crippen LogP contribution in [-0.2, 0) is 6.42 Å².